The molecule has 0 fully saturated rings. The number of hydrogen-bond donors (Lipinski definition) is 1. The molecule has 5 rings (SSSR count). The average Bonchev–Trinajstić information content (AvgIpc) is 3.06. The van der Waals surface area contributed by atoms with E-state index in [2.05, 4.69) is 5.10 Å². The lowest BCUT2D eigenvalue weighted by molar-refractivity contribution is 0.171. The molecular weight excluding hydrogens is 413 g/mol. The molecule has 1 aliphatic heterocycles. The number of ether oxygens (including phenoxy) is 2. The fraction of sp³-hybridized carbons (Fsp3) is 0.143. The van der Waals surface area contributed by atoms with Gasteiger partial charge >= 0.3 is 0 Å². The second-order valence-corrected chi connectivity index (χ2v) is 7.55. The van der Waals surface area contributed by atoms with Crippen LogP contribution in [0.3, 0.4) is 0 Å². The normalized spacial score (nSPS) is 13.1. The smallest absolute Gasteiger partial charge is 0.273 e. The molecule has 0 aliphatic carbocycles. The zero-order chi connectivity index (χ0) is 20.1. The lowest BCUT2D eigenvalue weighted by atomic mass is 10.1. The molecule has 29 heavy (non-hydrogen) atoms. The number of H-pyrrole nitrogens is 1. The predicted octanol–water partition coefficient (Wildman–Crippen LogP) is 4.74. The summed E-state index contributed by atoms with van der Waals surface area (Å²) in [6, 6.07) is 12.4. The van der Waals surface area contributed by atoms with Crippen LogP contribution in [0.2, 0.25) is 10.0 Å². The summed E-state index contributed by atoms with van der Waals surface area (Å²) in [5.74, 6) is 1.33. The van der Waals surface area contributed by atoms with Crippen molar-refractivity contribution in [3.05, 3.63) is 68.6 Å². The molecule has 146 valence electrons. The first kappa shape index (κ1) is 18.1. The van der Waals surface area contributed by atoms with Gasteiger partial charge in [-0.3, -0.25) is 9.89 Å². The monoisotopic (exact) mass is 427 g/mol. The van der Waals surface area contributed by atoms with E-state index in [1.54, 1.807) is 12.1 Å². The number of halogens is 2. The maximum atomic E-state index is 12.8. The summed E-state index contributed by atoms with van der Waals surface area (Å²) in [6.45, 7) is 2.90. The molecule has 0 atom stereocenters. The third-order valence-corrected chi connectivity index (χ3v) is 5.58. The van der Waals surface area contributed by atoms with Gasteiger partial charge in [0.1, 0.15) is 13.2 Å². The maximum absolute atomic E-state index is 12.8. The second kappa shape index (κ2) is 6.83. The second-order valence-electron chi connectivity index (χ2n) is 6.74. The number of aromatic amines is 1. The van der Waals surface area contributed by atoms with Crippen molar-refractivity contribution in [1.82, 2.24) is 14.6 Å². The first-order chi connectivity index (χ1) is 14.0. The minimum Gasteiger partial charge on any atom is -0.486 e. The Kier molecular flexibility index (Phi) is 4.26. The third-order valence-electron chi connectivity index (χ3n) is 4.84. The minimum atomic E-state index is -0.214. The van der Waals surface area contributed by atoms with E-state index in [0.717, 1.165) is 22.4 Å². The van der Waals surface area contributed by atoms with E-state index >= 15 is 0 Å². The van der Waals surface area contributed by atoms with Crippen molar-refractivity contribution in [3.8, 4) is 33.9 Å². The lowest BCUT2D eigenvalue weighted by Gasteiger charge is -2.18. The van der Waals surface area contributed by atoms with Gasteiger partial charge in [-0.1, -0.05) is 29.3 Å². The summed E-state index contributed by atoms with van der Waals surface area (Å²) in [7, 11) is 0. The van der Waals surface area contributed by atoms with Gasteiger partial charge in [0, 0.05) is 22.9 Å². The number of benzene rings is 2. The Morgan fingerprint density at radius 1 is 0.966 bits per heavy atom. The summed E-state index contributed by atoms with van der Waals surface area (Å²) in [5, 5.41) is 3.98. The highest BCUT2D eigenvalue weighted by atomic mass is 35.5. The van der Waals surface area contributed by atoms with Crippen molar-refractivity contribution < 1.29 is 9.47 Å². The summed E-state index contributed by atoms with van der Waals surface area (Å²) in [5.41, 5.74) is 4.03. The van der Waals surface area contributed by atoms with Crippen molar-refractivity contribution >= 4 is 28.8 Å². The van der Waals surface area contributed by atoms with Crippen LogP contribution in [0.25, 0.3) is 28.0 Å². The number of hydrogen-bond acceptors (Lipinski definition) is 4. The molecule has 0 radical (unpaired) electrons. The zero-order valence-electron chi connectivity index (χ0n) is 15.3. The number of fused-ring (bicyclic) bond motifs is 2. The highest BCUT2D eigenvalue weighted by Crippen LogP contribution is 2.35. The molecule has 6 nitrogen and oxygen atoms in total. The van der Waals surface area contributed by atoms with Gasteiger partial charge in [-0.05, 0) is 42.8 Å². The van der Waals surface area contributed by atoms with Crippen LogP contribution in [0.15, 0.2) is 47.3 Å². The number of aryl methyl sites for hydroxylation is 1. The highest BCUT2D eigenvalue weighted by molar-refractivity contribution is 6.42. The summed E-state index contributed by atoms with van der Waals surface area (Å²) in [6.07, 6.45) is 0. The number of aromatic nitrogens is 3. The van der Waals surface area contributed by atoms with Gasteiger partial charge < -0.3 is 9.47 Å². The molecule has 1 N–H and O–H groups in total. The average molecular weight is 428 g/mol. The largest absolute Gasteiger partial charge is 0.486 e. The molecule has 4 aromatic rings. The Labute approximate surface area is 175 Å². The SMILES string of the molecule is Cc1[nH]n2c(=O)cc(-c3ccc4c(c3)OCCO4)nc2c1-c1ccc(Cl)c(Cl)c1. The summed E-state index contributed by atoms with van der Waals surface area (Å²) < 4.78 is 12.7. The Hall–Kier alpha value is -2.96. The Morgan fingerprint density at radius 2 is 1.72 bits per heavy atom. The quantitative estimate of drug-likeness (QED) is 0.501. The van der Waals surface area contributed by atoms with E-state index in [4.69, 9.17) is 37.7 Å². The van der Waals surface area contributed by atoms with E-state index in [0.29, 0.717) is 46.1 Å². The van der Waals surface area contributed by atoms with Crippen molar-refractivity contribution in [2.45, 2.75) is 6.92 Å². The molecular formula is C21H15Cl2N3O3. The molecule has 0 bridgehead atoms. The lowest BCUT2D eigenvalue weighted by Crippen LogP contribution is -2.16. The first-order valence-electron chi connectivity index (χ1n) is 8.99. The Balaban J connectivity index is 1.71. The van der Waals surface area contributed by atoms with Crippen molar-refractivity contribution in [2.24, 2.45) is 0 Å². The van der Waals surface area contributed by atoms with E-state index in [1.807, 2.05) is 31.2 Å². The summed E-state index contributed by atoms with van der Waals surface area (Å²) >= 11 is 12.3. The molecule has 0 spiro atoms. The Bertz CT molecular complexity index is 1330. The first-order valence-corrected chi connectivity index (χ1v) is 9.75. The standard InChI is InChI=1S/C21H15Cl2N3O3/c1-11-20(13-2-4-14(22)15(23)8-13)21-24-16(10-19(27)26(21)25-11)12-3-5-17-18(9-12)29-7-6-28-17/h2-5,8-10,25H,6-7H2,1H3. The van der Waals surface area contributed by atoms with Gasteiger partial charge in [0.15, 0.2) is 17.1 Å². The van der Waals surface area contributed by atoms with E-state index in [1.165, 1.54) is 10.6 Å². The highest BCUT2D eigenvalue weighted by Gasteiger charge is 2.18. The number of nitrogens with one attached hydrogen (secondary N) is 1. The van der Waals surface area contributed by atoms with E-state index in [9.17, 15) is 4.79 Å². The van der Waals surface area contributed by atoms with Gasteiger partial charge in [-0.25, -0.2) is 9.50 Å². The van der Waals surface area contributed by atoms with Crippen LogP contribution in [0.5, 0.6) is 11.5 Å². The van der Waals surface area contributed by atoms with E-state index < -0.39 is 0 Å². The van der Waals surface area contributed by atoms with Crippen LogP contribution in [-0.4, -0.2) is 27.8 Å². The number of rotatable bonds is 2. The van der Waals surface area contributed by atoms with Crippen LogP contribution >= 0.6 is 23.2 Å². The van der Waals surface area contributed by atoms with Gasteiger partial charge in [-0.2, -0.15) is 0 Å². The predicted molar refractivity (Wildman–Crippen MR) is 112 cm³/mol. The zero-order valence-corrected chi connectivity index (χ0v) is 16.8. The van der Waals surface area contributed by atoms with Crippen LogP contribution in [0, 0.1) is 6.92 Å². The van der Waals surface area contributed by atoms with Crippen LogP contribution in [0.1, 0.15) is 5.69 Å². The van der Waals surface area contributed by atoms with Crippen molar-refractivity contribution in [1.29, 1.82) is 0 Å². The molecule has 2 aromatic heterocycles. The van der Waals surface area contributed by atoms with Crippen molar-refractivity contribution in [3.63, 3.8) is 0 Å². The van der Waals surface area contributed by atoms with E-state index in [-0.39, 0.29) is 5.56 Å². The van der Waals surface area contributed by atoms with Gasteiger partial charge in [-0.15, -0.1) is 0 Å². The van der Waals surface area contributed by atoms with Crippen molar-refractivity contribution in [2.75, 3.05) is 13.2 Å². The summed E-state index contributed by atoms with van der Waals surface area (Å²) in [4.78, 5) is 17.5. The van der Waals surface area contributed by atoms with Crippen LogP contribution in [-0.2, 0) is 0 Å². The fourth-order valence-electron chi connectivity index (χ4n) is 3.50. The van der Waals surface area contributed by atoms with Gasteiger partial charge in [0.25, 0.3) is 5.56 Å². The van der Waals surface area contributed by atoms with Crippen LogP contribution < -0.4 is 15.0 Å². The van der Waals surface area contributed by atoms with Gasteiger partial charge in [0.2, 0.25) is 0 Å². The topological polar surface area (TPSA) is 68.6 Å². The molecule has 2 aromatic carbocycles. The molecule has 0 saturated carbocycles. The maximum Gasteiger partial charge on any atom is 0.273 e. The molecule has 0 saturated heterocycles. The molecule has 0 amide bonds. The number of nitrogens with zero attached hydrogens (tertiary/aromatic N) is 2. The minimum absolute atomic E-state index is 0.214. The molecule has 8 heteroatoms. The molecule has 1 aliphatic rings. The fourth-order valence-corrected chi connectivity index (χ4v) is 3.80. The van der Waals surface area contributed by atoms with Crippen LogP contribution in [0.4, 0.5) is 0 Å². The molecule has 3 heterocycles. The van der Waals surface area contributed by atoms with Gasteiger partial charge in [0.05, 0.1) is 15.7 Å². The third kappa shape index (κ3) is 3.05. The molecule has 0 unspecified atom stereocenters. The Morgan fingerprint density at radius 3 is 2.52 bits per heavy atom.